The first-order valence-corrected chi connectivity index (χ1v) is 9.97. The van der Waals surface area contributed by atoms with Crippen LogP contribution >= 0.6 is 0 Å². The zero-order valence-corrected chi connectivity index (χ0v) is 17.1. The summed E-state index contributed by atoms with van der Waals surface area (Å²) in [5.74, 6) is 0.627. The highest BCUT2D eigenvalue weighted by Crippen LogP contribution is 2.26. The number of carbonyl (C=O) groups is 2. The Morgan fingerprint density at radius 1 is 1.13 bits per heavy atom. The van der Waals surface area contributed by atoms with Gasteiger partial charge in [0.1, 0.15) is 12.4 Å². The summed E-state index contributed by atoms with van der Waals surface area (Å²) in [5, 5.41) is 10.2. The summed E-state index contributed by atoms with van der Waals surface area (Å²) < 4.78 is 7.59. The summed E-state index contributed by atoms with van der Waals surface area (Å²) in [6.07, 6.45) is 1.20. The van der Waals surface area contributed by atoms with Gasteiger partial charge in [-0.25, -0.2) is 4.68 Å². The Balaban J connectivity index is 1.28. The van der Waals surface area contributed by atoms with Gasteiger partial charge in [0.25, 0.3) is 5.91 Å². The van der Waals surface area contributed by atoms with Crippen molar-refractivity contribution in [1.82, 2.24) is 15.1 Å². The molecule has 1 aliphatic rings. The van der Waals surface area contributed by atoms with E-state index in [0.29, 0.717) is 31.6 Å². The van der Waals surface area contributed by atoms with Crippen LogP contribution in [-0.2, 0) is 11.2 Å². The third-order valence-electron chi connectivity index (χ3n) is 5.01. The minimum Gasteiger partial charge on any atom is -0.492 e. The van der Waals surface area contributed by atoms with Crippen molar-refractivity contribution in [2.24, 2.45) is 0 Å². The van der Waals surface area contributed by atoms with Crippen LogP contribution in [0.2, 0.25) is 0 Å². The third kappa shape index (κ3) is 4.35. The highest BCUT2D eigenvalue weighted by atomic mass is 16.5. The minimum absolute atomic E-state index is 0.0433. The van der Waals surface area contributed by atoms with Gasteiger partial charge in [-0.2, -0.15) is 5.10 Å². The molecule has 0 bridgehead atoms. The SMILES string of the molecule is Cc1cc(C)n(-c2ccc(C(=O)NCCOc3ccc4c(c3)CCC(=O)N4)cc2)n1. The van der Waals surface area contributed by atoms with Crippen molar-refractivity contribution in [3.8, 4) is 11.4 Å². The van der Waals surface area contributed by atoms with E-state index in [9.17, 15) is 9.59 Å². The monoisotopic (exact) mass is 404 g/mol. The number of rotatable bonds is 6. The Bertz CT molecular complexity index is 1090. The average Bonchev–Trinajstić information content (AvgIpc) is 3.09. The number of nitrogens with one attached hydrogen (secondary N) is 2. The molecule has 0 unspecified atom stereocenters. The van der Waals surface area contributed by atoms with Crippen molar-refractivity contribution in [1.29, 1.82) is 0 Å². The van der Waals surface area contributed by atoms with Gasteiger partial charge in [-0.3, -0.25) is 9.59 Å². The number of fused-ring (bicyclic) bond motifs is 1. The molecule has 0 aliphatic carbocycles. The number of amides is 2. The first kappa shape index (κ1) is 19.7. The van der Waals surface area contributed by atoms with Crippen LogP contribution in [0.25, 0.3) is 5.69 Å². The second-order valence-corrected chi connectivity index (χ2v) is 7.36. The molecule has 4 rings (SSSR count). The zero-order chi connectivity index (χ0) is 21.1. The average molecular weight is 404 g/mol. The van der Waals surface area contributed by atoms with E-state index >= 15 is 0 Å². The number of nitrogens with zero attached hydrogens (tertiary/aromatic N) is 2. The number of carbonyl (C=O) groups excluding carboxylic acids is 2. The number of aromatic nitrogens is 2. The molecule has 154 valence electrons. The highest BCUT2D eigenvalue weighted by molar-refractivity contribution is 5.94. The maximum atomic E-state index is 12.4. The minimum atomic E-state index is -0.147. The number of benzene rings is 2. The van der Waals surface area contributed by atoms with Crippen LogP contribution in [0, 0.1) is 13.8 Å². The van der Waals surface area contributed by atoms with Crippen LogP contribution in [0.5, 0.6) is 5.75 Å². The second-order valence-electron chi connectivity index (χ2n) is 7.36. The van der Waals surface area contributed by atoms with E-state index in [0.717, 1.165) is 34.1 Å². The molecule has 0 saturated heterocycles. The molecule has 0 saturated carbocycles. The lowest BCUT2D eigenvalue weighted by Gasteiger charge is -2.17. The molecule has 0 atom stereocenters. The van der Waals surface area contributed by atoms with Gasteiger partial charge in [-0.1, -0.05) is 0 Å². The summed E-state index contributed by atoms with van der Waals surface area (Å²) >= 11 is 0. The molecule has 0 radical (unpaired) electrons. The van der Waals surface area contributed by atoms with Crippen molar-refractivity contribution in [2.45, 2.75) is 26.7 Å². The summed E-state index contributed by atoms with van der Waals surface area (Å²) in [5.41, 5.74) is 5.42. The number of ether oxygens (including phenoxy) is 1. The topological polar surface area (TPSA) is 85.2 Å². The van der Waals surface area contributed by atoms with Crippen molar-refractivity contribution < 1.29 is 14.3 Å². The Hall–Kier alpha value is -3.61. The molecule has 1 aromatic heterocycles. The first-order chi connectivity index (χ1) is 14.5. The first-order valence-electron chi connectivity index (χ1n) is 9.97. The number of hydrogen-bond donors (Lipinski definition) is 2. The van der Waals surface area contributed by atoms with E-state index in [4.69, 9.17) is 4.74 Å². The number of anilines is 1. The Morgan fingerprint density at radius 3 is 2.67 bits per heavy atom. The fraction of sp³-hybridized carbons (Fsp3) is 0.261. The standard InChI is InChI=1S/C23H24N4O3/c1-15-13-16(2)27(26-15)19-6-3-17(4-7-19)23(29)24-11-12-30-20-8-9-21-18(14-20)5-10-22(28)25-21/h3-4,6-9,13-14H,5,10-12H2,1-2H3,(H,24,29)(H,25,28). The molecule has 2 N–H and O–H groups in total. The predicted octanol–water partition coefficient (Wildman–Crippen LogP) is 3.18. The maximum Gasteiger partial charge on any atom is 0.251 e. The van der Waals surface area contributed by atoms with Gasteiger partial charge in [0.05, 0.1) is 17.9 Å². The van der Waals surface area contributed by atoms with Crippen LogP contribution in [0.3, 0.4) is 0 Å². The molecule has 0 spiro atoms. The Morgan fingerprint density at radius 2 is 1.93 bits per heavy atom. The third-order valence-corrected chi connectivity index (χ3v) is 5.01. The molecule has 2 heterocycles. The molecule has 2 amide bonds. The molecule has 0 fully saturated rings. The van der Waals surface area contributed by atoms with Crippen LogP contribution in [0.1, 0.15) is 33.7 Å². The number of aryl methyl sites for hydroxylation is 3. The van der Waals surface area contributed by atoms with Gasteiger partial charge in [0.2, 0.25) is 5.91 Å². The van der Waals surface area contributed by atoms with Crippen molar-refractivity contribution in [2.75, 3.05) is 18.5 Å². The molecule has 7 heteroatoms. The van der Waals surface area contributed by atoms with E-state index in [-0.39, 0.29) is 11.8 Å². The van der Waals surface area contributed by atoms with Crippen molar-refractivity contribution in [3.63, 3.8) is 0 Å². The van der Waals surface area contributed by atoms with E-state index < -0.39 is 0 Å². The second kappa shape index (κ2) is 8.41. The summed E-state index contributed by atoms with van der Waals surface area (Å²) in [4.78, 5) is 23.8. The van der Waals surface area contributed by atoms with Gasteiger partial charge >= 0.3 is 0 Å². The zero-order valence-electron chi connectivity index (χ0n) is 17.1. The largest absolute Gasteiger partial charge is 0.492 e. The molecule has 2 aromatic carbocycles. The molecule has 1 aliphatic heterocycles. The summed E-state index contributed by atoms with van der Waals surface area (Å²) in [7, 11) is 0. The highest BCUT2D eigenvalue weighted by Gasteiger charge is 2.15. The molecule has 7 nitrogen and oxygen atoms in total. The Labute approximate surface area is 175 Å². The van der Waals surface area contributed by atoms with Crippen LogP contribution < -0.4 is 15.4 Å². The lowest BCUT2D eigenvalue weighted by atomic mass is 10.0. The van der Waals surface area contributed by atoms with Gasteiger partial charge in [-0.05, 0) is 74.4 Å². The molecular formula is C23H24N4O3. The summed E-state index contributed by atoms with van der Waals surface area (Å²) in [6, 6.07) is 15.0. The van der Waals surface area contributed by atoms with Gasteiger partial charge in [0.15, 0.2) is 0 Å². The van der Waals surface area contributed by atoms with Crippen LogP contribution in [-0.4, -0.2) is 34.7 Å². The fourth-order valence-corrected chi connectivity index (χ4v) is 3.53. The lowest BCUT2D eigenvalue weighted by molar-refractivity contribution is -0.116. The van der Waals surface area contributed by atoms with Gasteiger partial charge in [-0.15, -0.1) is 0 Å². The fourth-order valence-electron chi connectivity index (χ4n) is 3.53. The van der Waals surface area contributed by atoms with Gasteiger partial charge < -0.3 is 15.4 Å². The van der Waals surface area contributed by atoms with Crippen LogP contribution in [0.4, 0.5) is 5.69 Å². The Kier molecular flexibility index (Phi) is 5.52. The van der Waals surface area contributed by atoms with Crippen molar-refractivity contribution >= 4 is 17.5 Å². The lowest BCUT2D eigenvalue weighted by Crippen LogP contribution is -2.28. The molecular weight excluding hydrogens is 380 g/mol. The van der Waals surface area contributed by atoms with E-state index in [1.165, 1.54) is 0 Å². The normalized spacial score (nSPS) is 12.8. The van der Waals surface area contributed by atoms with E-state index in [1.54, 1.807) is 12.1 Å². The van der Waals surface area contributed by atoms with Gasteiger partial charge in [0, 0.05) is 23.4 Å². The number of hydrogen-bond acceptors (Lipinski definition) is 4. The maximum absolute atomic E-state index is 12.4. The quantitative estimate of drug-likeness (QED) is 0.618. The summed E-state index contributed by atoms with van der Waals surface area (Å²) in [6.45, 7) is 4.71. The van der Waals surface area contributed by atoms with Crippen LogP contribution in [0.15, 0.2) is 48.5 Å². The van der Waals surface area contributed by atoms with Crippen molar-refractivity contribution in [3.05, 3.63) is 71.0 Å². The molecule has 30 heavy (non-hydrogen) atoms. The smallest absolute Gasteiger partial charge is 0.251 e. The van der Waals surface area contributed by atoms with E-state index in [2.05, 4.69) is 15.7 Å². The van der Waals surface area contributed by atoms with E-state index in [1.807, 2.05) is 54.9 Å². The predicted molar refractivity (Wildman–Crippen MR) is 114 cm³/mol. The molecule has 3 aromatic rings.